The van der Waals surface area contributed by atoms with Gasteiger partial charge in [0.2, 0.25) is 0 Å². The van der Waals surface area contributed by atoms with Gasteiger partial charge in [0.1, 0.15) is 18.4 Å². The van der Waals surface area contributed by atoms with Crippen LogP contribution in [0.1, 0.15) is 31.8 Å². The van der Waals surface area contributed by atoms with Gasteiger partial charge in [-0.3, -0.25) is 24.6 Å². The molecular weight excluding hydrogens is 440 g/mol. The minimum absolute atomic E-state index is 0.0528. The molecule has 172 valence electrons. The first-order valence-electron chi connectivity index (χ1n) is 10.4. The highest BCUT2D eigenvalue weighted by Gasteiger charge is 2.43. The topological polar surface area (TPSA) is 116 Å². The average Bonchev–Trinajstić information content (AvgIpc) is 3.11. The van der Waals surface area contributed by atoms with Gasteiger partial charge in [-0.05, 0) is 23.8 Å². The number of hydrogen-bond donors (Lipinski definition) is 0. The van der Waals surface area contributed by atoms with Crippen LogP contribution >= 0.6 is 0 Å². The summed E-state index contributed by atoms with van der Waals surface area (Å²) < 4.78 is 10.7. The summed E-state index contributed by atoms with van der Waals surface area (Å²) in [6.07, 6.45) is 0.0528. The first-order chi connectivity index (χ1) is 16.4. The van der Waals surface area contributed by atoms with Gasteiger partial charge < -0.3 is 9.47 Å². The van der Waals surface area contributed by atoms with Crippen LogP contribution in [0.25, 0.3) is 0 Å². The van der Waals surface area contributed by atoms with E-state index in [1.54, 1.807) is 36.4 Å². The van der Waals surface area contributed by atoms with E-state index in [-0.39, 0.29) is 35.4 Å². The third-order valence-electron chi connectivity index (χ3n) is 5.53. The number of non-ortho nitro benzene ring substituents is 1. The molecule has 1 aliphatic rings. The Labute approximate surface area is 194 Å². The Hall–Kier alpha value is -4.53. The van der Waals surface area contributed by atoms with Gasteiger partial charge in [-0.1, -0.05) is 42.5 Å². The molecule has 0 N–H and O–H groups in total. The third kappa shape index (κ3) is 4.36. The fourth-order valence-corrected chi connectivity index (χ4v) is 3.84. The number of ether oxygens (including phenoxy) is 2. The molecule has 0 fully saturated rings. The van der Waals surface area contributed by atoms with E-state index in [1.165, 1.54) is 37.4 Å². The number of fused-ring (bicyclic) bond motifs is 1. The largest absolute Gasteiger partial charge is 0.496 e. The number of methoxy groups -OCH3 is 1. The third-order valence-corrected chi connectivity index (χ3v) is 5.53. The van der Waals surface area contributed by atoms with Gasteiger partial charge in [-0.2, -0.15) is 0 Å². The van der Waals surface area contributed by atoms with E-state index >= 15 is 0 Å². The highest BCUT2D eigenvalue weighted by atomic mass is 16.6. The van der Waals surface area contributed by atoms with Gasteiger partial charge in [0.15, 0.2) is 0 Å². The summed E-state index contributed by atoms with van der Waals surface area (Å²) in [5.41, 5.74) is 1.27. The zero-order valence-electron chi connectivity index (χ0n) is 18.2. The van der Waals surface area contributed by atoms with Gasteiger partial charge in [-0.25, -0.2) is 4.79 Å². The molecule has 0 saturated carbocycles. The molecular formula is C25H20N2O7. The average molecular weight is 460 g/mol. The van der Waals surface area contributed by atoms with Crippen LogP contribution in [0.4, 0.5) is 5.69 Å². The molecule has 1 atom stereocenters. The standard InChI is InChI=1S/C25H20N2O7/c1-33-22-12-11-18(27(31)32)14-17(22)15-34-25(30)21(13-16-7-3-2-4-8-16)26-23(28)19-9-5-6-10-20(19)24(26)29/h2-12,14,21H,13,15H2,1H3/t21-/m0/s1. The number of rotatable bonds is 8. The van der Waals surface area contributed by atoms with E-state index in [2.05, 4.69) is 0 Å². The predicted octanol–water partition coefficient (Wildman–Crippen LogP) is 3.55. The number of nitrogens with zero attached hydrogens (tertiary/aromatic N) is 2. The van der Waals surface area contributed by atoms with E-state index in [0.29, 0.717) is 5.75 Å². The van der Waals surface area contributed by atoms with Crippen LogP contribution in [0.15, 0.2) is 72.8 Å². The first-order valence-corrected chi connectivity index (χ1v) is 10.4. The van der Waals surface area contributed by atoms with Crippen LogP contribution in [0.5, 0.6) is 5.75 Å². The molecule has 0 spiro atoms. The lowest BCUT2D eigenvalue weighted by Gasteiger charge is -2.25. The molecule has 3 aromatic rings. The van der Waals surface area contributed by atoms with Crippen LogP contribution in [0.2, 0.25) is 0 Å². The Morgan fingerprint density at radius 2 is 1.59 bits per heavy atom. The molecule has 9 heteroatoms. The summed E-state index contributed by atoms with van der Waals surface area (Å²) in [5, 5.41) is 11.1. The van der Waals surface area contributed by atoms with Crippen molar-refractivity contribution in [3.63, 3.8) is 0 Å². The molecule has 34 heavy (non-hydrogen) atoms. The van der Waals surface area contributed by atoms with Crippen molar-refractivity contribution in [3.05, 3.63) is 105 Å². The number of hydrogen-bond acceptors (Lipinski definition) is 7. The van der Waals surface area contributed by atoms with Gasteiger partial charge in [0, 0.05) is 24.1 Å². The lowest BCUT2D eigenvalue weighted by atomic mass is 10.0. The van der Waals surface area contributed by atoms with Gasteiger partial charge >= 0.3 is 5.97 Å². The van der Waals surface area contributed by atoms with Crippen molar-refractivity contribution in [2.75, 3.05) is 7.11 Å². The van der Waals surface area contributed by atoms with Crippen molar-refractivity contribution in [3.8, 4) is 5.75 Å². The lowest BCUT2D eigenvalue weighted by Crippen LogP contribution is -2.47. The molecule has 0 radical (unpaired) electrons. The quantitative estimate of drug-likeness (QED) is 0.218. The van der Waals surface area contributed by atoms with Crippen LogP contribution in [-0.4, -0.2) is 40.8 Å². The van der Waals surface area contributed by atoms with Gasteiger partial charge in [-0.15, -0.1) is 0 Å². The van der Waals surface area contributed by atoms with Crippen molar-refractivity contribution in [2.24, 2.45) is 0 Å². The van der Waals surface area contributed by atoms with Crippen molar-refractivity contribution >= 4 is 23.5 Å². The number of esters is 1. The zero-order chi connectivity index (χ0) is 24.2. The Bertz CT molecular complexity index is 1240. The second-order valence-corrected chi connectivity index (χ2v) is 7.59. The Kier molecular flexibility index (Phi) is 6.35. The highest BCUT2D eigenvalue weighted by molar-refractivity contribution is 6.22. The molecule has 9 nitrogen and oxygen atoms in total. The maximum absolute atomic E-state index is 13.2. The number of nitro groups is 1. The van der Waals surface area contributed by atoms with Crippen LogP contribution in [-0.2, 0) is 22.6 Å². The molecule has 3 aromatic carbocycles. The monoisotopic (exact) mass is 460 g/mol. The molecule has 0 unspecified atom stereocenters. The van der Waals surface area contributed by atoms with E-state index < -0.39 is 28.7 Å². The first kappa shape index (κ1) is 22.7. The number of carbonyl (C=O) groups excluding carboxylic acids is 3. The van der Waals surface area contributed by atoms with Gasteiger partial charge in [0.05, 0.1) is 23.2 Å². The summed E-state index contributed by atoms with van der Waals surface area (Å²) in [7, 11) is 1.39. The fourth-order valence-electron chi connectivity index (χ4n) is 3.84. The van der Waals surface area contributed by atoms with Crippen LogP contribution in [0.3, 0.4) is 0 Å². The van der Waals surface area contributed by atoms with Gasteiger partial charge in [0.25, 0.3) is 17.5 Å². The second kappa shape index (κ2) is 9.53. The highest BCUT2D eigenvalue weighted by Crippen LogP contribution is 2.28. The summed E-state index contributed by atoms with van der Waals surface area (Å²) in [5.74, 6) is -1.66. The minimum atomic E-state index is -1.22. The number of amides is 2. The molecule has 4 rings (SSSR count). The number of nitro benzene ring substituents is 1. The maximum Gasteiger partial charge on any atom is 0.330 e. The molecule has 0 aliphatic carbocycles. The number of imide groups is 1. The molecule has 1 aliphatic heterocycles. The molecule has 0 aromatic heterocycles. The van der Waals surface area contributed by atoms with Crippen molar-refractivity contribution in [1.29, 1.82) is 0 Å². The SMILES string of the molecule is COc1ccc([N+](=O)[O-])cc1COC(=O)[C@H](Cc1ccccc1)N1C(=O)c2ccccc2C1=O. The maximum atomic E-state index is 13.2. The number of benzene rings is 3. The minimum Gasteiger partial charge on any atom is -0.496 e. The summed E-state index contributed by atoms with van der Waals surface area (Å²) in [6, 6.07) is 18.0. The van der Waals surface area contributed by atoms with E-state index in [9.17, 15) is 24.5 Å². The lowest BCUT2D eigenvalue weighted by molar-refractivity contribution is -0.385. The summed E-state index contributed by atoms with van der Waals surface area (Å²) in [6.45, 7) is -0.335. The predicted molar refractivity (Wildman–Crippen MR) is 120 cm³/mol. The Morgan fingerprint density at radius 1 is 0.971 bits per heavy atom. The Morgan fingerprint density at radius 3 is 2.18 bits per heavy atom. The normalized spacial score (nSPS) is 13.4. The smallest absolute Gasteiger partial charge is 0.330 e. The zero-order valence-corrected chi connectivity index (χ0v) is 18.2. The molecule has 0 bridgehead atoms. The summed E-state index contributed by atoms with van der Waals surface area (Å²) in [4.78, 5) is 50.8. The van der Waals surface area contributed by atoms with E-state index in [4.69, 9.17) is 9.47 Å². The van der Waals surface area contributed by atoms with Crippen molar-refractivity contribution in [2.45, 2.75) is 19.1 Å². The van der Waals surface area contributed by atoms with E-state index in [1.807, 2.05) is 6.07 Å². The summed E-state index contributed by atoms with van der Waals surface area (Å²) >= 11 is 0. The van der Waals surface area contributed by atoms with Crippen LogP contribution in [0, 0.1) is 10.1 Å². The van der Waals surface area contributed by atoms with Crippen molar-refractivity contribution in [1.82, 2.24) is 4.90 Å². The van der Waals surface area contributed by atoms with Crippen LogP contribution < -0.4 is 4.74 Å². The second-order valence-electron chi connectivity index (χ2n) is 7.59. The van der Waals surface area contributed by atoms with E-state index in [0.717, 1.165) is 10.5 Å². The molecule has 1 heterocycles. The molecule has 2 amide bonds. The number of carbonyl (C=O) groups is 3. The Balaban J connectivity index is 1.62. The fraction of sp³-hybridized carbons (Fsp3) is 0.160. The molecule has 0 saturated heterocycles. The van der Waals surface area contributed by atoms with Crippen molar-refractivity contribution < 1.29 is 28.8 Å².